The minimum absolute atomic E-state index is 0.0117. The summed E-state index contributed by atoms with van der Waals surface area (Å²) in [6.45, 7) is 7.36. The van der Waals surface area contributed by atoms with Crippen molar-refractivity contribution in [2.24, 2.45) is 0 Å². The van der Waals surface area contributed by atoms with Crippen molar-refractivity contribution in [1.29, 1.82) is 0 Å². The lowest BCUT2D eigenvalue weighted by molar-refractivity contribution is -0.116. The Morgan fingerprint density at radius 3 is 2.13 bits per heavy atom. The lowest BCUT2D eigenvalue weighted by Gasteiger charge is -2.24. The molecule has 38 heavy (non-hydrogen) atoms. The van der Waals surface area contributed by atoms with Gasteiger partial charge in [0.05, 0.1) is 23.6 Å². The second kappa shape index (κ2) is 13.0. The van der Waals surface area contributed by atoms with Crippen molar-refractivity contribution in [1.82, 2.24) is 4.31 Å². The van der Waals surface area contributed by atoms with Crippen LogP contribution in [0.4, 0.5) is 5.69 Å². The number of unbranched alkanes of at least 4 members (excludes halogenated alkanes) is 1. The highest BCUT2D eigenvalue weighted by molar-refractivity contribution is 7.89. The standard InChI is InChI=1S/C29H33ClN2O5S/c1-5-6-15-37-29(34)24-9-13-26(14-10-24)31-27(33)19-32(18-23-7-11-25(30)12-8-23)38(35,36)28-21(3)16-20(2)17-22(28)4/h7-14,16-17H,5-6,15,18-19H2,1-4H3,(H,31,33). The van der Waals surface area contributed by atoms with E-state index >= 15 is 0 Å². The van der Waals surface area contributed by atoms with E-state index in [0.717, 1.165) is 22.7 Å². The molecule has 3 aromatic rings. The zero-order valence-electron chi connectivity index (χ0n) is 22.1. The Morgan fingerprint density at radius 2 is 1.55 bits per heavy atom. The van der Waals surface area contributed by atoms with Crippen LogP contribution in [0.15, 0.2) is 65.6 Å². The van der Waals surface area contributed by atoms with Gasteiger partial charge in [0.2, 0.25) is 15.9 Å². The molecule has 9 heteroatoms. The molecule has 0 saturated carbocycles. The number of nitrogens with zero attached hydrogens (tertiary/aromatic N) is 1. The highest BCUT2D eigenvalue weighted by Crippen LogP contribution is 2.27. The minimum atomic E-state index is -4.03. The van der Waals surface area contributed by atoms with Gasteiger partial charge in [-0.15, -0.1) is 0 Å². The summed E-state index contributed by atoms with van der Waals surface area (Å²) < 4.78 is 34.0. The topological polar surface area (TPSA) is 92.8 Å². The normalized spacial score (nSPS) is 11.4. The lowest BCUT2D eigenvalue weighted by atomic mass is 10.1. The van der Waals surface area contributed by atoms with E-state index in [1.807, 2.05) is 26.0 Å². The van der Waals surface area contributed by atoms with Gasteiger partial charge in [-0.1, -0.05) is 54.8 Å². The van der Waals surface area contributed by atoms with Crippen molar-refractivity contribution >= 4 is 39.2 Å². The van der Waals surface area contributed by atoms with Crippen LogP contribution >= 0.6 is 11.6 Å². The van der Waals surface area contributed by atoms with Gasteiger partial charge in [-0.2, -0.15) is 4.31 Å². The van der Waals surface area contributed by atoms with Gasteiger partial charge in [0.25, 0.3) is 0 Å². The van der Waals surface area contributed by atoms with Gasteiger partial charge < -0.3 is 10.1 Å². The number of amides is 1. The predicted octanol–water partition coefficient (Wildman–Crippen LogP) is 6.05. The molecule has 0 aliphatic rings. The van der Waals surface area contributed by atoms with Crippen LogP contribution < -0.4 is 5.32 Å². The molecule has 7 nitrogen and oxygen atoms in total. The second-order valence-corrected chi connectivity index (χ2v) is 11.6. The molecule has 0 unspecified atom stereocenters. The SMILES string of the molecule is CCCCOC(=O)c1ccc(NC(=O)CN(Cc2ccc(Cl)cc2)S(=O)(=O)c2c(C)cc(C)cc2C)cc1. The third kappa shape index (κ3) is 7.66. The summed E-state index contributed by atoms with van der Waals surface area (Å²) in [6, 6.07) is 16.7. The van der Waals surface area contributed by atoms with E-state index in [2.05, 4.69) is 5.32 Å². The van der Waals surface area contributed by atoms with Crippen LogP contribution in [0.1, 0.15) is 52.4 Å². The average Bonchev–Trinajstić information content (AvgIpc) is 2.84. The molecule has 0 aliphatic heterocycles. The monoisotopic (exact) mass is 556 g/mol. The van der Waals surface area contributed by atoms with E-state index in [9.17, 15) is 18.0 Å². The summed E-state index contributed by atoms with van der Waals surface area (Å²) in [5.74, 6) is -0.941. The number of carbonyl (C=O) groups is 2. The first-order valence-corrected chi connectivity index (χ1v) is 14.2. The molecule has 0 aliphatic carbocycles. The van der Waals surface area contributed by atoms with Crippen LogP contribution in [0.3, 0.4) is 0 Å². The zero-order valence-corrected chi connectivity index (χ0v) is 23.7. The van der Waals surface area contributed by atoms with Gasteiger partial charge in [0.1, 0.15) is 0 Å². The zero-order chi connectivity index (χ0) is 27.9. The number of nitrogens with one attached hydrogen (secondary N) is 1. The van der Waals surface area contributed by atoms with Crippen molar-refractivity contribution in [2.75, 3.05) is 18.5 Å². The molecule has 3 aromatic carbocycles. The summed E-state index contributed by atoms with van der Waals surface area (Å²) in [4.78, 5) is 25.3. The first-order valence-electron chi connectivity index (χ1n) is 12.4. The van der Waals surface area contributed by atoms with Crippen LogP contribution in [-0.4, -0.2) is 37.8 Å². The molecule has 0 spiro atoms. The van der Waals surface area contributed by atoms with Gasteiger partial charge in [-0.25, -0.2) is 13.2 Å². The number of hydrogen-bond acceptors (Lipinski definition) is 5. The Labute approximate surface area is 229 Å². The molecule has 202 valence electrons. The van der Waals surface area contributed by atoms with Gasteiger partial charge in [-0.05, 0) is 80.3 Å². The summed E-state index contributed by atoms with van der Waals surface area (Å²) in [5, 5.41) is 3.26. The first-order chi connectivity index (χ1) is 18.0. The van der Waals surface area contributed by atoms with Crippen molar-refractivity contribution in [3.05, 3.63) is 93.5 Å². The fourth-order valence-corrected chi connectivity index (χ4v) is 6.09. The Kier molecular flexibility index (Phi) is 10.1. The van der Waals surface area contributed by atoms with Crippen molar-refractivity contribution < 1.29 is 22.7 Å². The molecular formula is C29H33ClN2O5S. The van der Waals surface area contributed by atoms with E-state index < -0.39 is 28.4 Å². The van der Waals surface area contributed by atoms with Crippen LogP contribution in [0.5, 0.6) is 0 Å². The van der Waals surface area contributed by atoms with Crippen molar-refractivity contribution in [2.45, 2.75) is 52.0 Å². The van der Waals surface area contributed by atoms with E-state index in [1.54, 1.807) is 62.4 Å². The van der Waals surface area contributed by atoms with Crippen LogP contribution in [0.2, 0.25) is 5.02 Å². The molecular weight excluding hydrogens is 524 g/mol. The summed E-state index contributed by atoms with van der Waals surface area (Å²) in [6.07, 6.45) is 1.71. The van der Waals surface area contributed by atoms with E-state index in [4.69, 9.17) is 16.3 Å². The van der Waals surface area contributed by atoms with E-state index in [0.29, 0.717) is 39.6 Å². The Bertz CT molecular complexity index is 1360. The number of ether oxygens (including phenoxy) is 1. The summed E-state index contributed by atoms with van der Waals surface area (Å²) in [5.41, 5.74) is 3.69. The number of esters is 1. The number of halogens is 1. The van der Waals surface area contributed by atoms with Gasteiger partial charge in [0, 0.05) is 17.3 Å². The molecule has 0 radical (unpaired) electrons. The summed E-state index contributed by atoms with van der Waals surface area (Å²) >= 11 is 6.00. The summed E-state index contributed by atoms with van der Waals surface area (Å²) in [7, 11) is -4.03. The number of hydrogen-bond donors (Lipinski definition) is 1. The smallest absolute Gasteiger partial charge is 0.338 e. The van der Waals surface area contributed by atoms with Gasteiger partial charge in [-0.3, -0.25) is 4.79 Å². The minimum Gasteiger partial charge on any atom is -0.462 e. The van der Waals surface area contributed by atoms with Crippen LogP contribution in [0, 0.1) is 20.8 Å². The fourth-order valence-electron chi connectivity index (χ4n) is 4.16. The highest BCUT2D eigenvalue weighted by Gasteiger charge is 2.30. The van der Waals surface area contributed by atoms with Crippen LogP contribution in [0.25, 0.3) is 0 Å². The van der Waals surface area contributed by atoms with Gasteiger partial charge >= 0.3 is 5.97 Å². The predicted molar refractivity (Wildman–Crippen MR) is 150 cm³/mol. The molecule has 0 bridgehead atoms. The fraction of sp³-hybridized carbons (Fsp3) is 0.310. The van der Waals surface area contributed by atoms with Gasteiger partial charge in [0.15, 0.2) is 0 Å². The Hall–Kier alpha value is -3.20. The number of aryl methyl sites for hydroxylation is 3. The molecule has 1 N–H and O–H groups in total. The number of sulfonamides is 1. The molecule has 0 aromatic heterocycles. The highest BCUT2D eigenvalue weighted by atomic mass is 35.5. The Morgan fingerprint density at radius 1 is 0.947 bits per heavy atom. The number of rotatable bonds is 11. The van der Waals surface area contributed by atoms with Crippen molar-refractivity contribution in [3.8, 4) is 0 Å². The maximum Gasteiger partial charge on any atom is 0.338 e. The molecule has 0 saturated heterocycles. The van der Waals surface area contributed by atoms with Crippen LogP contribution in [-0.2, 0) is 26.1 Å². The third-order valence-corrected chi connectivity index (χ3v) is 8.28. The second-order valence-electron chi connectivity index (χ2n) is 9.24. The molecule has 1 amide bonds. The quantitative estimate of drug-likeness (QED) is 0.229. The number of carbonyl (C=O) groups excluding carboxylic acids is 2. The third-order valence-electron chi connectivity index (χ3n) is 5.93. The first kappa shape index (κ1) is 29.4. The van der Waals surface area contributed by atoms with E-state index in [1.165, 1.54) is 0 Å². The Balaban J connectivity index is 1.82. The lowest BCUT2D eigenvalue weighted by Crippen LogP contribution is -2.38. The molecule has 0 heterocycles. The average molecular weight is 557 g/mol. The number of anilines is 1. The van der Waals surface area contributed by atoms with E-state index in [-0.39, 0.29) is 11.4 Å². The largest absolute Gasteiger partial charge is 0.462 e. The maximum absolute atomic E-state index is 13.8. The molecule has 0 fully saturated rings. The van der Waals surface area contributed by atoms with Crippen molar-refractivity contribution in [3.63, 3.8) is 0 Å². The number of benzene rings is 3. The molecule has 3 rings (SSSR count). The maximum atomic E-state index is 13.8. The molecule has 0 atom stereocenters.